The van der Waals surface area contributed by atoms with Crippen LogP contribution in [0.15, 0.2) is 96.0 Å². The normalized spacial score (nSPS) is 13.5. The van der Waals surface area contributed by atoms with Crippen molar-refractivity contribution >= 4 is 28.8 Å². The summed E-state index contributed by atoms with van der Waals surface area (Å²) in [6.45, 7) is 0.784. The van der Waals surface area contributed by atoms with E-state index >= 15 is 0 Å². The number of allylic oxidation sites excluding steroid dienone is 1. The molecule has 0 amide bonds. The minimum Gasteiger partial charge on any atom is -0.478 e. The van der Waals surface area contributed by atoms with Crippen LogP contribution in [0.1, 0.15) is 21.6 Å². The van der Waals surface area contributed by atoms with Gasteiger partial charge in [-0.15, -0.1) is 0 Å². The molecule has 3 aromatic carbocycles. The number of aromatic nitrogens is 2. The van der Waals surface area contributed by atoms with Crippen LogP contribution in [0, 0.1) is 0 Å². The first-order valence-electron chi connectivity index (χ1n) is 12.0. The van der Waals surface area contributed by atoms with Crippen molar-refractivity contribution < 1.29 is 20.1 Å². The van der Waals surface area contributed by atoms with Crippen molar-refractivity contribution in [2.75, 3.05) is 31.2 Å². The van der Waals surface area contributed by atoms with Crippen molar-refractivity contribution in [3.05, 3.63) is 108 Å². The lowest BCUT2D eigenvalue weighted by atomic mass is 9.98. The van der Waals surface area contributed by atoms with E-state index in [1.807, 2.05) is 95.9 Å². The smallest absolute Gasteiger partial charge is 0.340 e. The molecule has 5 rings (SSSR count). The summed E-state index contributed by atoms with van der Waals surface area (Å²) in [6.07, 6.45) is 1.86. The highest BCUT2D eigenvalue weighted by atomic mass is 16.4. The highest BCUT2D eigenvalue weighted by Crippen LogP contribution is 2.37. The van der Waals surface area contributed by atoms with E-state index in [9.17, 15) is 20.1 Å². The quantitative estimate of drug-likeness (QED) is 0.324. The van der Waals surface area contributed by atoms with Crippen molar-refractivity contribution in [3.8, 4) is 11.3 Å². The average Bonchev–Trinajstić information content (AvgIpc) is 3.48. The molecular weight excluding hydrogens is 468 g/mol. The summed E-state index contributed by atoms with van der Waals surface area (Å²) in [6, 6.07) is 26.3. The van der Waals surface area contributed by atoms with Crippen LogP contribution in [0.2, 0.25) is 0 Å². The zero-order valence-corrected chi connectivity index (χ0v) is 20.0. The largest absolute Gasteiger partial charge is 0.478 e. The number of hydrogen-bond acceptors (Lipinski definition) is 6. The van der Waals surface area contributed by atoms with Gasteiger partial charge in [-0.2, -0.15) is 5.10 Å². The lowest BCUT2D eigenvalue weighted by molar-refractivity contribution is 0.0697. The molecule has 1 aliphatic heterocycles. The number of carboxylic acids is 1. The number of fused-ring (bicyclic) bond motifs is 1. The van der Waals surface area contributed by atoms with Crippen LogP contribution in [-0.2, 0) is 0 Å². The molecule has 186 valence electrons. The lowest BCUT2D eigenvalue weighted by Gasteiger charge is -2.22. The fourth-order valence-electron chi connectivity index (χ4n) is 4.49. The molecule has 8 nitrogen and oxygen atoms in total. The van der Waals surface area contributed by atoms with Gasteiger partial charge in [-0.1, -0.05) is 60.7 Å². The summed E-state index contributed by atoms with van der Waals surface area (Å²) in [5.41, 5.74) is 4.85. The maximum absolute atomic E-state index is 12.5. The highest BCUT2D eigenvalue weighted by molar-refractivity contribution is 6.14. The molecular formula is C29H26N4O4. The predicted molar refractivity (Wildman–Crippen MR) is 143 cm³/mol. The summed E-state index contributed by atoms with van der Waals surface area (Å²) in [4.78, 5) is 19.2. The van der Waals surface area contributed by atoms with Gasteiger partial charge in [0, 0.05) is 29.9 Å². The Kier molecular flexibility index (Phi) is 6.93. The van der Waals surface area contributed by atoms with Crippen LogP contribution in [0.25, 0.3) is 16.8 Å². The number of anilines is 1. The number of nitrogens with zero attached hydrogens (tertiary/aromatic N) is 4. The number of rotatable bonds is 9. The maximum Gasteiger partial charge on any atom is 0.340 e. The van der Waals surface area contributed by atoms with Crippen molar-refractivity contribution in [3.63, 3.8) is 0 Å². The summed E-state index contributed by atoms with van der Waals surface area (Å²) in [5, 5.41) is 33.6. The number of carboxylic acid groups (broad SMARTS) is 1. The fourth-order valence-corrected chi connectivity index (χ4v) is 4.49. The van der Waals surface area contributed by atoms with Gasteiger partial charge in [0.25, 0.3) is 0 Å². The molecule has 37 heavy (non-hydrogen) atoms. The molecule has 0 aliphatic carbocycles. The van der Waals surface area contributed by atoms with Crippen LogP contribution in [0.4, 0.5) is 11.4 Å². The SMILES string of the molecule is O=C(O)c1c(-c2ccccc2)nn2c1C(c1ccccc1)=CC2=Nc1ccc(N(CCO)CCO)cc1. The highest BCUT2D eigenvalue weighted by Gasteiger charge is 2.32. The van der Waals surface area contributed by atoms with E-state index in [1.165, 1.54) is 0 Å². The number of hydrogen-bond donors (Lipinski definition) is 3. The van der Waals surface area contributed by atoms with Gasteiger partial charge in [-0.3, -0.25) is 0 Å². The van der Waals surface area contributed by atoms with Gasteiger partial charge >= 0.3 is 5.97 Å². The van der Waals surface area contributed by atoms with E-state index in [0.29, 0.717) is 41.6 Å². The van der Waals surface area contributed by atoms with Gasteiger partial charge in [0.15, 0.2) is 5.84 Å². The summed E-state index contributed by atoms with van der Waals surface area (Å²) in [7, 11) is 0. The molecule has 4 aromatic rings. The second kappa shape index (κ2) is 10.6. The number of aromatic carboxylic acids is 1. The minimum absolute atomic E-state index is 0.0190. The van der Waals surface area contributed by atoms with Gasteiger partial charge in [-0.05, 0) is 35.9 Å². The van der Waals surface area contributed by atoms with Crippen LogP contribution in [0.5, 0.6) is 0 Å². The molecule has 0 saturated carbocycles. The molecule has 0 fully saturated rings. The second-order valence-corrected chi connectivity index (χ2v) is 8.50. The third-order valence-electron chi connectivity index (χ3n) is 6.18. The van der Waals surface area contributed by atoms with Crippen LogP contribution >= 0.6 is 0 Å². The monoisotopic (exact) mass is 494 g/mol. The number of aliphatic imine (C=N–C) groups is 1. The van der Waals surface area contributed by atoms with Crippen molar-refractivity contribution in [1.82, 2.24) is 9.78 Å². The van der Waals surface area contributed by atoms with Crippen molar-refractivity contribution in [1.29, 1.82) is 0 Å². The molecule has 0 saturated heterocycles. The summed E-state index contributed by atoms with van der Waals surface area (Å²) >= 11 is 0. The van der Waals surface area contributed by atoms with Gasteiger partial charge in [0.2, 0.25) is 0 Å². The van der Waals surface area contributed by atoms with Crippen LogP contribution < -0.4 is 4.90 Å². The maximum atomic E-state index is 12.5. The lowest BCUT2D eigenvalue weighted by Crippen LogP contribution is -2.29. The first-order valence-corrected chi connectivity index (χ1v) is 12.0. The van der Waals surface area contributed by atoms with E-state index < -0.39 is 5.97 Å². The van der Waals surface area contributed by atoms with Gasteiger partial charge < -0.3 is 20.2 Å². The molecule has 3 N–H and O–H groups in total. The topological polar surface area (TPSA) is 111 Å². The van der Waals surface area contributed by atoms with E-state index in [0.717, 1.165) is 16.8 Å². The van der Waals surface area contributed by atoms with Gasteiger partial charge in [0.1, 0.15) is 11.3 Å². The summed E-state index contributed by atoms with van der Waals surface area (Å²) in [5.74, 6) is -0.547. The standard InChI is InChI=1S/C29H26N4O4/c34-17-15-32(16-18-35)23-13-11-22(12-14-23)30-25-19-24(20-7-3-1-4-8-20)28-26(29(36)37)27(31-33(25)28)21-9-5-2-6-10-21/h1-14,19,34-35H,15-18H2,(H,36,37). The Balaban J connectivity index is 1.62. The van der Waals surface area contributed by atoms with Gasteiger partial charge in [0.05, 0.1) is 24.6 Å². The molecule has 0 unspecified atom stereocenters. The van der Waals surface area contributed by atoms with Crippen molar-refractivity contribution in [2.24, 2.45) is 4.99 Å². The molecule has 1 aromatic heterocycles. The third kappa shape index (κ3) is 4.80. The van der Waals surface area contributed by atoms with Crippen molar-refractivity contribution in [2.45, 2.75) is 0 Å². The Morgan fingerprint density at radius 3 is 2.00 bits per heavy atom. The fraction of sp³-hybridized carbons (Fsp3) is 0.138. The molecule has 1 aliphatic rings. The Bertz CT molecular complexity index is 1450. The second-order valence-electron chi connectivity index (χ2n) is 8.50. The summed E-state index contributed by atoms with van der Waals surface area (Å²) < 4.78 is 1.60. The zero-order chi connectivity index (χ0) is 25.8. The molecule has 0 spiro atoms. The molecule has 2 heterocycles. The van der Waals surface area contributed by atoms with E-state index in [4.69, 9.17) is 10.1 Å². The number of aliphatic hydroxyl groups is 2. The van der Waals surface area contributed by atoms with Crippen LogP contribution in [-0.4, -0.2) is 63.2 Å². The number of carbonyl (C=O) groups is 1. The first-order chi connectivity index (χ1) is 18.1. The molecule has 8 heteroatoms. The number of benzene rings is 3. The van der Waals surface area contributed by atoms with E-state index in [2.05, 4.69) is 0 Å². The predicted octanol–water partition coefficient (Wildman–Crippen LogP) is 4.06. The van der Waals surface area contributed by atoms with Crippen LogP contribution in [0.3, 0.4) is 0 Å². The molecule has 0 bridgehead atoms. The molecule has 0 atom stereocenters. The Hall–Kier alpha value is -4.53. The zero-order valence-electron chi connectivity index (χ0n) is 20.0. The van der Waals surface area contributed by atoms with E-state index in [1.54, 1.807) is 4.68 Å². The number of aliphatic hydroxyl groups excluding tert-OH is 2. The van der Waals surface area contributed by atoms with Gasteiger partial charge in [-0.25, -0.2) is 14.5 Å². The Morgan fingerprint density at radius 1 is 0.838 bits per heavy atom. The minimum atomic E-state index is -1.06. The Labute approximate surface area is 214 Å². The first kappa shape index (κ1) is 24.2. The molecule has 0 radical (unpaired) electrons. The third-order valence-corrected chi connectivity index (χ3v) is 6.18. The Morgan fingerprint density at radius 2 is 1.43 bits per heavy atom. The van der Waals surface area contributed by atoms with E-state index in [-0.39, 0.29) is 18.8 Å². The average molecular weight is 495 g/mol.